The van der Waals surface area contributed by atoms with Crippen LogP contribution >= 0.6 is 0 Å². The summed E-state index contributed by atoms with van der Waals surface area (Å²) in [6.07, 6.45) is 2.36. The van der Waals surface area contributed by atoms with Crippen LogP contribution in [0, 0.1) is 11.8 Å². The number of hydrogen-bond donors (Lipinski definition) is 0. The number of carbonyl (C=O) groups is 1. The third-order valence-electron chi connectivity index (χ3n) is 4.73. The van der Waals surface area contributed by atoms with Gasteiger partial charge in [-0.15, -0.1) is 0 Å². The second-order valence-corrected chi connectivity index (χ2v) is 6.52. The van der Waals surface area contributed by atoms with E-state index in [2.05, 4.69) is 24.3 Å². The molecule has 1 saturated carbocycles. The molecule has 0 saturated heterocycles. The van der Waals surface area contributed by atoms with Gasteiger partial charge in [0.1, 0.15) is 12.4 Å². The average molecular weight is 324 g/mol. The minimum atomic E-state index is -0.137. The summed E-state index contributed by atoms with van der Waals surface area (Å²) in [5.74, 6) is 1.36. The maximum absolute atomic E-state index is 12.0. The molecule has 0 spiro atoms. The molecule has 2 atom stereocenters. The van der Waals surface area contributed by atoms with Gasteiger partial charge in [0.2, 0.25) is 0 Å². The molecule has 126 valence electrons. The Bertz CT molecular complexity index is 676. The van der Waals surface area contributed by atoms with Crippen molar-refractivity contribution in [2.24, 2.45) is 11.8 Å². The molecule has 3 heteroatoms. The lowest BCUT2D eigenvalue weighted by Crippen LogP contribution is -2.22. The van der Waals surface area contributed by atoms with Gasteiger partial charge in [0.25, 0.3) is 0 Å². The Morgan fingerprint density at radius 1 is 1.12 bits per heavy atom. The van der Waals surface area contributed by atoms with Crippen LogP contribution in [0.25, 0.3) is 0 Å². The third kappa shape index (κ3) is 3.97. The maximum Gasteiger partial charge on any atom is 0.309 e. The Morgan fingerprint density at radius 2 is 1.88 bits per heavy atom. The van der Waals surface area contributed by atoms with E-state index in [4.69, 9.17) is 9.47 Å². The molecule has 0 aliphatic heterocycles. The van der Waals surface area contributed by atoms with Gasteiger partial charge in [-0.2, -0.15) is 0 Å². The van der Waals surface area contributed by atoms with Crippen molar-refractivity contribution in [3.05, 3.63) is 65.7 Å². The second kappa shape index (κ2) is 7.52. The summed E-state index contributed by atoms with van der Waals surface area (Å²) in [5.41, 5.74) is 2.31. The molecule has 0 amide bonds. The van der Waals surface area contributed by atoms with Gasteiger partial charge in [-0.05, 0) is 47.9 Å². The molecular weight excluding hydrogens is 300 g/mol. The van der Waals surface area contributed by atoms with Crippen molar-refractivity contribution in [1.82, 2.24) is 0 Å². The zero-order valence-corrected chi connectivity index (χ0v) is 14.3. The smallest absolute Gasteiger partial charge is 0.309 e. The van der Waals surface area contributed by atoms with E-state index in [9.17, 15) is 4.79 Å². The van der Waals surface area contributed by atoms with Gasteiger partial charge in [-0.3, -0.25) is 4.79 Å². The van der Waals surface area contributed by atoms with E-state index in [0.717, 1.165) is 11.3 Å². The van der Waals surface area contributed by atoms with Crippen LogP contribution in [-0.4, -0.2) is 13.1 Å². The Morgan fingerprint density at radius 3 is 2.54 bits per heavy atom. The number of rotatable bonds is 7. The van der Waals surface area contributed by atoms with Gasteiger partial charge in [0, 0.05) is 0 Å². The van der Waals surface area contributed by atoms with Crippen molar-refractivity contribution in [2.45, 2.75) is 32.3 Å². The molecule has 0 bridgehead atoms. The van der Waals surface area contributed by atoms with Crippen LogP contribution in [0.3, 0.4) is 0 Å². The van der Waals surface area contributed by atoms with Crippen LogP contribution in [0.2, 0.25) is 0 Å². The molecule has 0 heterocycles. The highest BCUT2D eigenvalue weighted by atomic mass is 16.5. The Labute approximate surface area is 143 Å². The van der Waals surface area contributed by atoms with Gasteiger partial charge in [0.15, 0.2) is 0 Å². The number of esters is 1. The van der Waals surface area contributed by atoms with Crippen molar-refractivity contribution in [1.29, 1.82) is 0 Å². The summed E-state index contributed by atoms with van der Waals surface area (Å²) < 4.78 is 10.9. The van der Waals surface area contributed by atoms with Gasteiger partial charge in [0.05, 0.1) is 13.0 Å². The molecule has 0 radical (unpaired) electrons. The summed E-state index contributed by atoms with van der Waals surface area (Å²) in [7, 11) is 1.46. The minimum Gasteiger partial charge on any atom is -0.489 e. The normalized spacial score (nSPS) is 16.2. The lowest BCUT2D eigenvalue weighted by molar-refractivity contribution is -0.145. The van der Waals surface area contributed by atoms with Gasteiger partial charge in [-0.1, -0.05) is 49.4 Å². The van der Waals surface area contributed by atoms with E-state index in [0.29, 0.717) is 12.5 Å². The summed E-state index contributed by atoms with van der Waals surface area (Å²) in [5, 5.41) is 0. The first-order valence-corrected chi connectivity index (χ1v) is 8.53. The minimum absolute atomic E-state index is 0.133. The number of hydrogen-bond acceptors (Lipinski definition) is 3. The molecule has 1 aliphatic carbocycles. The maximum atomic E-state index is 12.0. The Balaban J connectivity index is 1.74. The van der Waals surface area contributed by atoms with Crippen LogP contribution < -0.4 is 4.74 Å². The monoisotopic (exact) mass is 324 g/mol. The van der Waals surface area contributed by atoms with Crippen molar-refractivity contribution in [2.75, 3.05) is 7.11 Å². The first-order chi connectivity index (χ1) is 11.7. The van der Waals surface area contributed by atoms with E-state index in [1.807, 2.05) is 37.3 Å². The number of benzene rings is 2. The van der Waals surface area contributed by atoms with Crippen LogP contribution in [0.15, 0.2) is 54.6 Å². The first kappa shape index (κ1) is 16.6. The molecule has 2 aromatic carbocycles. The predicted molar refractivity (Wildman–Crippen MR) is 93.9 cm³/mol. The highest BCUT2D eigenvalue weighted by molar-refractivity contribution is 5.73. The van der Waals surface area contributed by atoms with Gasteiger partial charge < -0.3 is 9.47 Å². The number of methoxy groups -OCH3 is 1. The molecular formula is C21H24O3. The molecule has 1 fully saturated rings. The summed E-state index contributed by atoms with van der Waals surface area (Å²) >= 11 is 0. The van der Waals surface area contributed by atoms with Crippen molar-refractivity contribution < 1.29 is 14.3 Å². The average Bonchev–Trinajstić information content (AvgIpc) is 3.45. The largest absolute Gasteiger partial charge is 0.489 e. The van der Waals surface area contributed by atoms with Crippen LogP contribution in [-0.2, 0) is 16.1 Å². The molecule has 1 unspecified atom stereocenters. The fraction of sp³-hybridized carbons (Fsp3) is 0.381. The number of ether oxygens (including phenoxy) is 2. The predicted octanol–water partition coefficient (Wildman–Crippen LogP) is 4.57. The van der Waals surface area contributed by atoms with Crippen molar-refractivity contribution in [3.63, 3.8) is 0 Å². The van der Waals surface area contributed by atoms with E-state index in [1.54, 1.807) is 0 Å². The standard InChI is InChI=1S/C21H24O3/c1-15(21(22)23-2)20(17-11-12-17)18-9-6-10-19(13-18)24-14-16-7-4-3-5-8-16/h3-10,13,15,17,20H,11-12,14H2,1-2H3/t15-,20?/m0/s1. The van der Waals surface area contributed by atoms with Crippen LogP contribution in [0.5, 0.6) is 5.75 Å². The van der Waals surface area contributed by atoms with Crippen LogP contribution in [0.4, 0.5) is 0 Å². The molecule has 2 aromatic rings. The van der Waals surface area contributed by atoms with Crippen LogP contribution in [0.1, 0.15) is 36.8 Å². The van der Waals surface area contributed by atoms with E-state index >= 15 is 0 Å². The zero-order valence-electron chi connectivity index (χ0n) is 14.3. The first-order valence-electron chi connectivity index (χ1n) is 8.53. The lowest BCUT2D eigenvalue weighted by Gasteiger charge is -2.23. The highest BCUT2D eigenvalue weighted by Gasteiger charge is 2.39. The van der Waals surface area contributed by atoms with E-state index < -0.39 is 0 Å². The molecule has 1 aliphatic rings. The molecule has 3 nitrogen and oxygen atoms in total. The van der Waals surface area contributed by atoms with Gasteiger partial charge in [-0.25, -0.2) is 0 Å². The molecule has 3 rings (SSSR count). The van der Waals surface area contributed by atoms with E-state index in [-0.39, 0.29) is 17.8 Å². The number of carbonyl (C=O) groups excluding carboxylic acids is 1. The molecule has 0 N–H and O–H groups in total. The molecule has 0 aromatic heterocycles. The highest BCUT2D eigenvalue weighted by Crippen LogP contribution is 2.47. The fourth-order valence-corrected chi connectivity index (χ4v) is 3.31. The third-order valence-corrected chi connectivity index (χ3v) is 4.73. The summed E-state index contributed by atoms with van der Waals surface area (Å²) in [6, 6.07) is 18.3. The van der Waals surface area contributed by atoms with Crippen molar-refractivity contribution in [3.8, 4) is 5.75 Å². The Kier molecular flexibility index (Phi) is 5.19. The topological polar surface area (TPSA) is 35.5 Å². The lowest BCUT2D eigenvalue weighted by atomic mass is 9.83. The summed E-state index contributed by atoms with van der Waals surface area (Å²) in [4.78, 5) is 12.0. The van der Waals surface area contributed by atoms with E-state index in [1.165, 1.54) is 25.5 Å². The second-order valence-electron chi connectivity index (χ2n) is 6.52. The Hall–Kier alpha value is -2.29. The SMILES string of the molecule is COC(=O)[C@@H](C)C(c1cccc(OCc2ccccc2)c1)C1CC1. The van der Waals surface area contributed by atoms with Gasteiger partial charge >= 0.3 is 5.97 Å². The molecule has 24 heavy (non-hydrogen) atoms. The summed E-state index contributed by atoms with van der Waals surface area (Å²) in [6.45, 7) is 2.51. The zero-order chi connectivity index (χ0) is 16.9. The fourth-order valence-electron chi connectivity index (χ4n) is 3.31. The quantitative estimate of drug-likeness (QED) is 0.700. The van der Waals surface area contributed by atoms with Crippen molar-refractivity contribution >= 4 is 5.97 Å².